The van der Waals surface area contributed by atoms with Crippen LogP contribution in [0.25, 0.3) is 33.3 Å². The minimum atomic E-state index is 0.418. The first-order chi connectivity index (χ1) is 12.2. The molecular formula is C21H12ClN3. The molecule has 4 aromatic rings. The second-order valence-corrected chi connectivity index (χ2v) is 6.06. The van der Waals surface area contributed by atoms with Crippen molar-refractivity contribution >= 4 is 22.5 Å². The molecule has 0 bridgehead atoms. The van der Waals surface area contributed by atoms with Crippen molar-refractivity contribution in [2.45, 2.75) is 0 Å². The van der Waals surface area contributed by atoms with Crippen LogP contribution in [0.1, 0.15) is 5.69 Å². The minimum absolute atomic E-state index is 0.418. The standard InChI is InChI=1S/C21H12ClN3/c22-17-4-1-3-16(12-17)21-19(5-2-10-24-21)14-7-9-20-15(11-14)6-8-18(13-23)25-20/h1-12H. The van der Waals surface area contributed by atoms with Gasteiger partial charge in [0.05, 0.1) is 11.2 Å². The van der Waals surface area contributed by atoms with Crippen molar-refractivity contribution in [1.82, 2.24) is 9.97 Å². The molecule has 4 heteroatoms. The fourth-order valence-corrected chi connectivity index (χ4v) is 3.05. The Labute approximate surface area is 150 Å². The number of nitrogens with zero attached hydrogens (tertiary/aromatic N) is 3. The Morgan fingerprint density at radius 1 is 0.880 bits per heavy atom. The van der Waals surface area contributed by atoms with Gasteiger partial charge < -0.3 is 0 Å². The quantitative estimate of drug-likeness (QED) is 0.484. The zero-order valence-corrected chi connectivity index (χ0v) is 13.9. The fourth-order valence-electron chi connectivity index (χ4n) is 2.86. The minimum Gasteiger partial charge on any atom is -0.256 e. The molecule has 0 radical (unpaired) electrons. The monoisotopic (exact) mass is 341 g/mol. The van der Waals surface area contributed by atoms with E-state index in [1.165, 1.54) is 0 Å². The van der Waals surface area contributed by atoms with E-state index >= 15 is 0 Å². The lowest BCUT2D eigenvalue weighted by Gasteiger charge is -2.10. The van der Waals surface area contributed by atoms with E-state index in [1.54, 1.807) is 12.3 Å². The second kappa shape index (κ2) is 6.35. The average Bonchev–Trinajstić information content (AvgIpc) is 2.67. The number of aromatic nitrogens is 2. The first-order valence-electron chi connectivity index (χ1n) is 7.77. The first kappa shape index (κ1) is 15.3. The first-order valence-corrected chi connectivity index (χ1v) is 8.14. The molecule has 0 spiro atoms. The van der Waals surface area contributed by atoms with Gasteiger partial charge in [0.1, 0.15) is 11.8 Å². The number of rotatable bonds is 2. The average molecular weight is 342 g/mol. The molecule has 2 heterocycles. The van der Waals surface area contributed by atoms with Crippen molar-refractivity contribution in [3.63, 3.8) is 0 Å². The zero-order valence-electron chi connectivity index (χ0n) is 13.1. The van der Waals surface area contributed by atoms with Gasteiger partial charge in [-0.05, 0) is 48.0 Å². The SMILES string of the molecule is N#Cc1ccc2cc(-c3cccnc3-c3cccc(Cl)c3)ccc2n1. The lowest BCUT2D eigenvalue weighted by molar-refractivity contribution is 1.32. The molecule has 0 amide bonds. The number of hydrogen-bond donors (Lipinski definition) is 0. The molecule has 0 atom stereocenters. The van der Waals surface area contributed by atoms with Crippen LogP contribution in [0.5, 0.6) is 0 Å². The molecule has 4 rings (SSSR count). The van der Waals surface area contributed by atoms with Gasteiger partial charge in [0.2, 0.25) is 0 Å². The number of pyridine rings is 2. The summed E-state index contributed by atoms with van der Waals surface area (Å²) < 4.78 is 0. The molecule has 0 unspecified atom stereocenters. The summed E-state index contributed by atoms with van der Waals surface area (Å²) >= 11 is 6.14. The molecular weight excluding hydrogens is 330 g/mol. The van der Waals surface area contributed by atoms with Crippen LogP contribution in [0.2, 0.25) is 5.02 Å². The van der Waals surface area contributed by atoms with Crippen LogP contribution in [0.4, 0.5) is 0 Å². The van der Waals surface area contributed by atoms with Gasteiger partial charge in [-0.3, -0.25) is 4.98 Å². The molecule has 0 N–H and O–H groups in total. The summed E-state index contributed by atoms with van der Waals surface area (Å²) in [5, 5.41) is 10.6. The third-order valence-corrected chi connectivity index (χ3v) is 4.26. The van der Waals surface area contributed by atoms with Gasteiger partial charge >= 0.3 is 0 Å². The number of benzene rings is 2. The topological polar surface area (TPSA) is 49.6 Å². The van der Waals surface area contributed by atoms with E-state index in [2.05, 4.69) is 22.1 Å². The van der Waals surface area contributed by atoms with Crippen molar-refractivity contribution in [1.29, 1.82) is 5.26 Å². The Balaban J connectivity index is 1.88. The molecule has 0 saturated carbocycles. The Morgan fingerprint density at radius 3 is 2.64 bits per heavy atom. The Bertz CT molecular complexity index is 1130. The number of fused-ring (bicyclic) bond motifs is 1. The van der Waals surface area contributed by atoms with Crippen LogP contribution >= 0.6 is 11.6 Å². The highest BCUT2D eigenvalue weighted by Crippen LogP contribution is 2.32. The Hall–Kier alpha value is -3.22. The lowest BCUT2D eigenvalue weighted by Crippen LogP contribution is -1.90. The summed E-state index contributed by atoms with van der Waals surface area (Å²) in [5.41, 5.74) is 5.14. The summed E-state index contributed by atoms with van der Waals surface area (Å²) in [4.78, 5) is 8.88. The van der Waals surface area contributed by atoms with Gasteiger partial charge in [0, 0.05) is 27.7 Å². The summed E-state index contributed by atoms with van der Waals surface area (Å²) in [5.74, 6) is 0. The van der Waals surface area contributed by atoms with Crippen LogP contribution in [0, 0.1) is 11.3 Å². The summed E-state index contributed by atoms with van der Waals surface area (Å²) in [6.45, 7) is 0. The fraction of sp³-hybridized carbons (Fsp3) is 0. The molecule has 25 heavy (non-hydrogen) atoms. The summed E-state index contributed by atoms with van der Waals surface area (Å²) in [6, 6.07) is 23.4. The van der Waals surface area contributed by atoms with Crippen LogP contribution < -0.4 is 0 Å². The highest BCUT2D eigenvalue weighted by atomic mass is 35.5. The lowest BCUT2D eigenvalue weighted by atomic mass is 9.98. The summed E-state index contributed by atoms with van der Waals surface area (Å²) in [7, 11) is 0. The maximum Gasteiger partial charge on any atom is 0.141 e. The molecule has 0 aliphatic carbocycles. The number of hydrogen-bond acceptors (Lipinski definition) is 3. The van der Waals surface area contributed by atoms with E-state index in [4.69, 9.17) is 16.9 Å². The maximum absolute atomic E-state index is 8.98. The van der Waals surface area contributed by atoms with Crippen molar-refractivity contribution < 1.29 is 0 Å². The highest BCUT2D eigenvalue weighted by Gasteiger charge is 2.10. The van der Waals surface area contributed by atoms with Crippen molar-refractivity contribution in [2.75, 3.05) is 0 Å². The van der Waals surface area contributed by atoms with Gasteiger partial charge in [-0.1, -0.05) is 35.9 Å². The third kappa shape index (κ3) is 2.96. The van der Waals surface area contributed by atoms with Crippen LogP contribution in [-0.4, -0.2) is 9.97 Å². The molecule has 118 valence electrons. The largest absolute Gasteiger partial charge is 0.256 e. The van der Waals surface area contributed by atoms with Crippen LogP contribution in [0.3, 0.4) is 0 Å². The van der Waals surface area contributed by atoms with Gasteiger partial charge in [-0.25, -0.2) is 4.98 Å². The van der Waals surface area contributed by atoms with E-state index in [0.29, 0.717) is 10.7 Å². The normalized spacial score (nSPS) is 10.6. The third-order valence-electron chi connectivity index (χ3n) is 4.02. The van der Waals surface area contributed by atoms with Gasteiger partial charge in [-0.15, -0.1) is 0 Å². The maximum atomic E-state index is 8.98. The van der Waals surface area contributed by atoms with E-state index < -0.39 is 0 Å². The molecule has 2 aromatic carbocycles. The number of halogens is 1. The van der Waals surface area contributed by atoms with E-state index in [-0.39, 0.29) is 0 Å². The molecule has 0 saturated heterocycles. The van der Waals surface area contributed by atoms with Gasteiger partial charge in [0.25, 0.3) is 0 Å². The highest BCUT2D eigenvalue weighted by molar-refractivity contribution is 6.30. The second-order valence-electron chi connectivity index (χ2n) is 5.63. The smallest absolute Gasteiger partial charge is 0.141 e. The predicted molar refractivity (Wildman–Crippen MR) is 100 cm³/mol. The molecule has 0 fully saturated rings. The zero-order chi connectivity index (χ0) is 17.2. The van der Waals surface area contributed by atoms with Gasteiger partial charge in [0.15, 0.2) is 0 Å². The molecule has 3 nitrogen and oxygen atoms in total. The van der Waals surface area contributed by atoms with Crippen LogP contribution in [0.15, 0.2) is 72.9 Å². The van der Waals surface area contributed by atoms with Crippen molar-refractivity contribution in [3.05, 3.63) is 83.6 Å². The van der Waals surface area contributed by atoms with E-state index in [9.17, 15) is 0 Å². The predicted octanol–water partition coefficient (Wildman–Crippen LogP) is 5.49. The van der Waals surface area contributed by atoms with E-state index in [0.717, 1.165) is 33.3 Å². The van der Waals surface area contributed by atoms with E-state index in [1.807, 2.05) is 54.6 Å². The molecule has 0 aliphatic heterocycles. The Kier molecular flexibility index (Phi) is 3.89. The van der Waals surface area contributed by atoms with Crippen molar-refractivity contribution in [3.8, 4) is 28.5 Å². The number of nitriles is 1. The molecule has 2 aromatic heterocycles. The van der Waals surface area contributed by atoms with Gasteiger partial charge in [-0.2, -0.15) is 5.26 Å². The summed E-state index contributed by atoms with van der Waals surface area (Å²) in [6.07, 6.45) is 1.78. The molecule has 0 aliphatic rings. The Morgan fingerprint density at radius 2 is 1.80 bits per heavy atom. The van der Waals surface area contributed by atoms with Crippen molar-refractivity contribution in [2.24, 2.45) is 0 Å². The van der Waals surface area contributed by atoms with Crippen LogP contribution in [-0.2, 0) is 0 Å².